The molecule has 7 heteroatoms. The van der Waals surface area contributed by atoms with Crippen molar-refractivity contribution < 1.29 is 18.3 Å². The first-order valence-electron chi connectivity index (χ1n) is 9.21. The van der Waals surface area contributed by atoms with Gasteiger partial charge < -0.3 is 10.5 Å². The molecule has 1 fully saturated rings. The fraction of sp³-hybridized carbons (Fsp3) is 0.273. The molecule has 2 aliphatic rings. The maximum Gasteiger partial charge on any atom is 0.387 e. The first-order valence-corrected chi connectivity index (χ1v) is 9.21. The lowest BCUT2D eigenvalue weighted by atomic mass is 9.82. The van der Waals surface area contributed by atoms with Gasteiger partial charge in [-0.3, -0.25) is 9.69 Å². The van der Waals surface area contributed by atoms with Gasteiger partial charge in [0, 0.05) is 18.5 Å². The number of likely N-dealkylation sites (N-methyl/N-ethyl adjacent to an activating group) is 1. The van der Waals surface area contributed by atoms with E-state index in [1.807, 2.05) is 18.2 Å². The highest BCUT2D eigenvalue weighted by atomic mass is 19.3. The van der Waals surface area contributed by atoms with Crippen molar-refractivity contribution in [1.29, 1.82) is 0 Å². The Morgan fingerprint density at radius 1 is 1.21 bits per heavy atom. The van der Waals surface area contributed by atoms with Gasteiger partial charge in [-0.05, 0) is 48.2 Å². The van der Waals surface area contributed by atoms with E-state index in [0.29, 0.717) is 17.0 Å². The maximum atomic E-state index is 13.2. The molecule has 0 bridgehead atoms. The van der Waals surface area contributed by atoms with E-state index in [1.165, 1.54) is 17.0 Å². The van der Waals surface area contributed by atoms with Crippen LogP contribution in [0.1, 0.15) is 29.5 Å². The molecular formula is C22H19F2N3O2. The number of amides is 1. The molecule has 2 N–H and O–H groups in total. The van der Waals surface area contributed by atoms with Gasteiger partial charge in [-0.1, -0.05) is 36.1 Å². The molecule has 1 aliphatic carbocycles. The fourth-order valence-corrected chi connectivity index (χ4v) is 3.30. The van der Waals surface area contributed by atoms with Crippen molar-refractivity contribution in [1.82, 2.24) is 4.90 Å². The van der Waals surface area contributed by atoms with Crippen LogP contribution in [0.3, 0.4) is 0 Å². The third kappa shape index (κ3) is 3.54. The molecule has 2 aromatic rings. The Morgan fingerprint density at radius 3 is 2.52 bits per heavy atom. The van der Waals surface area contributed by atoms with Crippen molar-refractivity contribution >= 4 is 11.9 Å². The van der Waals surface area contributed by atoms with Gasteiger partial charge in [0.2, 0.25) is 0 Å². The van der Waals surface area contributed by atoms with Crippen LogP contribution in [0, 0.1) is 17.8 Å². The number of guanidine groups is 1. The average Bonchev–Trinajstić information content (AvgIpc) is 3.51. The number of hydrogen-bond donors (Lipinski definition) is 1. The molecule has 0 spiro atoms. The van der Waals surface area contributed by atoms with Crippen molar-refractivity contribution in [3.8, 4) is 17.6 Å². The molecule has 0 unspecified atom stereocenters. The highest BCUT2D eigenvalue weighted by molar-refractivity contribution is 6.08. The molecule has 148 valence electrons. The number of carbonyl (C=O) groups excluding carboxylic acids is 1. The highest BCUT2D eigenvalue weighted by Gasteiger charge is 2.49. The quantitative estimate of drug-likeness (QED) is 0.809. The van der Waals surface area contributed by atoms with Crippen LogP contribution in [0.4, 0.5) is 8.78 Å². The van der Waals surface area contributed by atoms with Gasteiger partial charge in [-0.2, -0.15) is 8.78 Å². The predicted octanol–water partition coefficient (Wildman–Crippen LogP) is 3.08. The van der Waals surface area contributed by atoms with Crippen molar-refractivity contribution in [2.75, 3.05) is 7.05 Å². The number of nitrogens with two attached hydrogens (primary N) is 1. The summed E-state index contributed by atoms with van der Waals surface area (Å²) in [4.78, 5) is 19.0. The van der Waals surface area contributed by atoms with Crippen LogP contribution >= 0.6 is 0 Å². The third-order valence-corrected chi connectivity index (χ3v) is 5.02. The number of aliphatic imine (C=N–C) groups is 1. The summed E-state index contributed by atoms with van der Waals surface area (Å²) in [5, 5.41) is 0. The molecule has 1 saturated carbocycles. The predicted molar refractivity (Wildman–Crippen MR) is 104 cm³/mol. The van der Waals surface area contributed by atoms with Gasteiger partial charge in [0.05, 0.1) is 0 Å². The van der Waals surface area contributed by atoms with Crippen LogP contribution in [0.2, 0.25) is 0 Å². The summed E-state index contributed by atoms with van der Waals surface area (Å²) in [6.45, 7) is -2.93. The van der Waals surface area contributed by atoms with Crippen LogP contribution in [0.25, 0.3) is 0 Å². The zero-order chi connectivity index (χ0) is 20.6. The Balaban J connectivity index is 1.80. The Morgan fingerprint density at radius 2 is 1.93 bits per heavy atom. The summed E-state index contributed by atoms with van der Waals surface area (Å²) in [6, 6.07) is 13.2. The molecule has 1 atom stereocenters. The number of halogens is 2. The van der Waals surface area contributed by atoms with E-state index < -0.39 is 12.2 Å². The van der Waals surface area contributed by atoms with Crippen molar-refractivity contribution in [2.45, 2.75) is 25.0 Å². The van der Waals surface area contributed by atoms with Crippen molar-refractivity contribution in [3.63, 3.8) is 0 Å². The van der Waals surface area contributed by atoms with Crippen LogP contribution in [0.5, 0.6) is 5.75 Å². The third-order valence-electron chi connectivity index (χ3n) is 5.02. The summed E-state index contributed by atoms with van der Waals surface area (Å²) in [5.41, 5.74) is 6.45. The van der Waals surface area contributed by atoms with Gasteiger partial charge in [-0.15, -0.1) is 0 Å². The van der Waals surface area contributed by atoms with E-state index in [9.17, 15) is 13.6 Å². The Labute approximate surface area is 167 Å². The molecule has 5 nitrogen and oxygen atoms in total. The number of benzene rings is 2. The highest BCUT2D eigenvalue weighted by Crippen LogP contribution is 2.40. The second-order valence-electron chi connectivity index (χ2n) is 7.07. The minimum absolute atomic E-state index is 0.00120. The van der Waals surface area contributed by atoms with E-state index in [-0.39, 0.29) is 17.6 Å². The standard InChI is InChI=1S/C22H19F2N3O2/c1-27-19(28)22(26-21(27)25,16-9-11-18(12-10-16)29-20(23)24)17-4-2-3-15(13-17)8-7-14-5-6-14/h2-4,9-14,20H,5-6H2,1H3,(H2,25,26)/t22-/m0/s1. The molecular weight excluding hydrogens is 376 g/mol. The number of carbonyl (C=O) groups is 1. The molecule has 0 aromatic heterocycles. The summed E-state index contributed by atoms with van der Waals surface area (Å²) in [6.07, 6.45) is 2.24. The summed E-state index contributed by atoms with van der Waals surface area (Å²) >= 11 is 0. The SMILES string of the molecule is CN1C(=O)[C@](c2ccc(OC(F)F)cc2)(c2cccc(C#CC3CC3)c2)N=C1N. The van der Waals surface area contributed by atoms with Crippen LogP contribution in [-0.4, -0.2) is 30.4 Å². The lowest BCUT2D eigenvalue weighted by Crippen LogP contribution is -2.41. The van der Waals surface area contributed by atoms with Crippen LogP contribution < -0.4 is 10.5 Å². The largest absolute Gasteiger partial charge is 0.435 e. The first-order chi connectivity index (χ1) is 13.9. The van der Waals surface area contributed by atoms with Gasteiger partial charge >= 0.3 is 6.61 Å². The average molecular weight is 395 g/mol. The van der Waals surface area contributed by atoms with E-state index in [0.717, 1.165) is 18.4 Å². The number of alkyl halides is 2. The normalized spacial score (nSPS) is 21.0. The molecule has 1 aliphatic heterocycles. The van der Waals surface area contributed by atoms with Crippen LogP contribution in [-0.2, 0) is 10.3 Å². The number of ether oxygens (including phenoxy) is 1. The van der Waals surface area contributed by atoms with E-state index in [4.69, 9.17) is 5.73 Å². The summed E-state index contributed by atoms with van der Waals surface area (Å²) < 4.78 is 29.4. The minimum Gasteiger partial charge on any atom is -0.435 e. The summed E-state index contributed by atoms with van der Waals surface area (Å²) in [7, 11) is 1.55. The van der Waals surface area contributed by atoms with Crippen molar-refractivity contribution in [2.24, 2.45) is 16.6 Å². The number of rotatable bonds is 4. The minimum atomic E-state index is -2.93. The van der Waals surface area contributed by atoms with Gasteiger partial charge in [0.25, 0.3) is 5.91 Å². The molecule has 0 saturated heterocycles. The van der Waals surface area contributed by atoms with E-state index >= 15 is 0 Å². The number of hydrogen-bond acceptors (Lipinski definition) is 4. The summed E-state index contributed by atoms with van der Waals surface area (Å²) in [5.74, 6) is 6.55. The van der Waals surface area contributed by atoms with Crippen molar-refractivity contribution in [3.05, 3.63) is 65.2 Å². The smallest absolute Gasteiger partial charge is 0.387 e. The topological polar surface area (TPSA) is 67.9 Å². The lowest BCUT2D eigenvalue weighted by molar-refractivity contribution is -0.129. The van der Waals surface area contributed by atoms with E-state index in [1.54, 1.807) is 25.2 Å². The molecule has 1 amide bonds. The zero-order valence-corrected chi connectivity index (χ0v) is 15.7. The Hall–Kier alpha value is -3.40. The van der Waals surface area contributed by atoms with Gasteiger partial charge in [-0.25, -0.2) is 4.99 Å². The Kier molecular flexibility index (Phi) is 4.71. The molecule has 29 heavy (non-hydrogen) atoms. The zero-order valence-electron chi connectivity index (χ0n) is 15.7. The molecule has 1 heterocycles. The molecule has 4 rings (SSSR count). The van der Waals surface area contributed by atoms with E-state index in [2.05, 4.69) is 21.6 Å². The fourth-order valence-electron chi connectivity index (χ4n) is 3.30. The molecule has 0 radical (unpaired) electrons. The monoisotopic (exact) mass is 395 g/mol. The first kappa shape index (κ1) is 18.9. The Bertz CT molecular complexity index is 1040. The van der Waals surface area contributed by atoms with Crippen LogP contribution in [0.15, 0.2) is 53.5 Å². The van der Waals surface area contributed by atoms with Gasteiger partial charge in [0.15, 0.2) is 11.5 Å². The maximum absolute atomic E-state index is 13.2. The second kappa shape index (κ2) is 7.21. The number of nitrogens with zero attached hydrogens (tertiary/aromatic N) is 2. The van der Waals surface area contributed by atoms with Gasteiger partial charge in [0.1, 0.15) is 5.75 Å². The second-order valence-corrected chi connectivity index (χ2v) is 7.07. The molecule has 2 aromatic carbocycles. The lowest BCUT2D eigenvalue weighted by Gasteiger charge is -2.26.